The molecule has 4 rings (SSSR count). The van der Waals surface area contributed by atoms with Crippen molar-refractivity contribution in [2.45, 2.75) is 13.5 Å². The lowest BCUT2D eigenvalue weighted by molar-refractivity contribution is -0.123. The topological polar surface area (TPSA) is 86.2 Å². The molecule has 0 aliphatic carbocycles. The maximum absolute atomic E-state index is 12.5. The Morgan fingerprint density at radius 3 is 2.26 bits per heavy atom. The van der Waals surface area contributed by atoms with Crippen LogP contribution < -0.4 is 19.6 Å². The van der Waals surface area contributed by atoms with Gasteiger partial charge in [0.05, 0.1) is 11.8 Å². The molecule has 7 nitrogen and oxygen atoms in total. The molecule has 192 valence electrons. The van der Waals surface area contributed by atoms with Gasteiger partial charge in [0.15, 0.2) is 6.61 Å². The lowest BCUT2D eigenvalue weighted by Crippen LogP contribution is -2.24. The molecule has 4 aromatic rings. The second kappa shape index (κ2) is 13.2. The van der Waals surface area contributed by atoms with E-state index in [0.29, 0.717) is 35.0 Å². The Morgan fingerprint density at radius 1 is 0.868 bits per heavy atom. The smallest absolute Gasteiger partial charge is 0.343 e. The van der Waals surface area contributed by atoms with E-state index in [1.807, 2.05) is 49.4 Å². The fourth-order valence-electron chi connectivity index (χ4n) is 3.29. The first-order chi connectivity index (χ1) is 18.5. The molecular formula is C30H25BrN2O5. The maximum Gasteiger partial charge on any atom is 0.343 e. The monoisotopic (exact) mass is 572 g/mol. The summed E-state index contributed by atoms with van der Waals surface area (Å²) in [6, 6.07) is 29.1. The van der Waals surface area contributed by atoms with Crippen molar-refractivity contribution in [2.24, 2.45) is 5.10 Å². The van der Waals surface area contributed by atoms with Gasteiger partial charge in [0.2, 0.25) is 0 Å². The normalized spacial score (nSPS) is 10.7. The summed E-state index contributed by atoms with van der Waals surface area (Å²) < 4.78 is 17.6. The molecule has 0 aliphatic heterocycles. The molecule has 1 amide bonds. The number of benzene rings is 4. The van der Waals surface area contributed by atoms with Crippen molar-refractivity contribution in [2.75, 3.05) is 6.61 Å². The van der Waals surface area contributed by atoms with E-state index < -0.39 is 11.9 Å². The average Bonchev–Trinajstić information content (AvgIpc) is 2.93. The fraction of sp³-hybridized carbons (Fsp3) is 0.100. The van der Waals surface area contributed by atoms with Crippen molar-refractivity contribution in [3.8, 4) is 17.2 Å². The molecule has 8 heteroatoms. The Hall–Kier alpha value is -4.43. The van der Waals surface area contributed by atoms with Crippen LogP contribution in [0.15, 0.2) is 107 Å². The number of aryl methyl sites for hydroxylation is 1. The molecule has 0 heterocycles. The Bertz CT molecular complexity index is 1410. The Labute approximate surface area is 229 Å². The van der Waals surface area contributed by atoms with Crippen LogP contribution in [0, 0.1) is 6.92 Å². The number of rotatable bonds is 10. The molecule has 0 unspecified atom stereocenters. The van der Waals surface area contributed by atoms with Crippen LogP contribution in [0.2, 0.25) is 0 Å². The Kier molecular flexibility index (Phi) is 9.26. The van der Waals surface area contributed by atoms with Crippen LogP contribution in [-0.2, 0) is 11.4 Å². The highest BCUT2D eigenvalue weighted by Crippen LogP contribution is 2.23. The van der Waals surface area contributed by atoms with Crippen LogP contribution in [0.25, 0.3) is 0 Å². The number of halogens is 1. The third-order valence-corrected chi connectivity index (χ3v) is 5.79. The van der Waals surface area contributed by atoms with Gasteiger partial charge >= 0.3 is 5.97 Å². The standard InChI is InChI=1S/C30H25BrN2O5/c1-21-7-9-23(10-8-21)30(35)38-28-16-11-25(31)17-24(28)18-32-33-29(34)20-37-27-14-12-26(13-15-27)36-19-22-5-3-2-4-6-22/h2-18H,19-20H2,1H3,(H,33,34)/b32-18+. The molecule has 38 heavy (non-hydrogen) atoms. The zero-order valence-corrected chi connectivity index (χ0v) is 22.2. The van der Waals surface area contributed by atoms with Gasteiger partial charge in [0.1, 0.15) is 23.9 Å². The van der Waals surface area contributed by atoms with Gasteiger partial charge in [-0.15, -0.1) is 0 Å². The number of carbonyl (C=O) groups is 2. The highest BCUT2D eigenvalue weighted by atomic mass is 79.9. The first-order valence-corrected chi connectivity index (χ1v) is 12.6. The summed E-state index contributed by atoms with van der Waals surface area (Å²) in [4.78, 5) is 24.7. The molecule has 0 saturated heterocycles. The van der Waals surface area contributed by atoms with Crippen LogP contribution in [0.1, 0.15) is 27.0 Å². The zero-order chi connectivity index (χ0) is 26.7. The number of ether oxygens (including phenoxy) is 3. The zero-order valence-electron chi connectivity index (χ0n) is 20.6. The first-order valence-electron chi connectivity index (χ1n) is 11.8. The number of nitrogens with zero attached hydrogens (tertiary/aromatic N) is 1. The van der Waals surface area contributed by atoms with Gasteiger partial charge in [-0.1, -0.05) is 64.0 Å². The van der Waals surface area contributed by atoms with Gasteiger partial charge in [0.25, 0.3) is 5.91 Å². The minimum Gasteiger partial charge on any atom is -0.489 e. The van der Waals surface area contributed by atoms with Gasteiger partial charge in [-0.05, 0) is 67.1 Å². The van der Waals surface area contributed by atoms with Crippen molar-refractivity contribution in [3.63, 3.8) is 0 Å². The summed E-state index contributed by atoms with van der Waals surface area (Å²) in [5.74, 6) is 0.592. The molecule has 0 spiro atoms. The minimum absolute atomic E-state index is 0.227. The summed E-state index contributed by atoms with van der Waals surface area (Å²) in [7, 11) is 0. The van der Waals surface area contributed by atoms with Crippen molar-refractivity contribution in [1.29, 1.82) is 0 Å². The number of carbonyl (C=O) groups excluding carboxylic acids is 2. The summed E-state index contributed by atoms with van der Waals surface area (Å²) in [5, 5.41) is 3.98. The van der Waals surface area contributed by atoms with Crippen LogP contribution in [-0.4, -0.2) is 24.7 Å². The molecular weight excluding hydrogens is 548 g/mol. The molecule has 4 aromatic carbocycles. The molecule has 0 bridgehead atoms. The summed E-state index contributed by atoms with van der Waals surface area (Å²) in [6.07, 6.45) is 1.40. The van der Waals surface area contributed by atoms with Crippen molar-refractivity contribution in [3.05, 3.63) is 124 Å². The molecule has 0 aliphatic rings. The van der Waals surface area contributed by atoms with E-state index in [-0.39, 0.29) is 6.61 Å². The summed E-state index contributed by atoms with van der Waals surface area (Å²) >= 11 is 3.40. The lowest BCUT2D eigenvalue weighted by Gasteiger charge is -2.09. The first kappa shape index (κ1) is 26.6. The highest BCUT2D eigenvalue weighted by molar-refractivity contribution is 9.10. The predicted molar refractivity (Wildman–Crippen MR) is 149 cm³/mol. The SMILES string of the molecule is Cc1ccc(C(=O)Oc2ccc(Br)cc2/C=N/NC(=O)COc2ccc(OCc3ccccc3)cc2)cc1. The van der Waals surface area contributed by atoms with E-state index in [1.165, 1.54) is 6.21 Å². The second-order valence-corrected chi connectivity index (χ2v) is 9.18. The third kappa shape index (κ3) is 8.04. The average molecular weight is 573 g/mol. The minimum atomic E-state index is -0.490. The Morgan fingerprint density at radius 2 is 1.55 bits per heavy atom. The fourth-order valence-corrected chi connectivity index (χ4v) is 3.67. The van der Waals surface area contributed by atoms with E-state index in [1.54, 1.807) is 54.6 Å². The number of hydrogen-bond donors (Lipinski definition) is 1. The largest absolute Gasteiger partial charge is 0.489 e. The molecule has 0 radical (unpaired) electrons. The number of esters is 1. The van der Waals surface area contributed by atoms with Crippen LogP contribution in [0.5, 0.6) is 17.2 Å². The van der Waals surface area contributed by atoms with E-state index in [9.17, 15) is 9.59 Å². The molecule has 1 N–H and O–H groups in total. The van der Waals surface area contributed by atoms with E-state index >= 15 is 0 Å². The predicted octanol–water partition coefficient (Wildman–Crippen LogP) is 6.08. The van der Waals surface area contributed by atoms with Crippen LogP contribution >= 0.6 is 15.9 Å². The lowest BCUT2D eigenvalue weighted by atomic mass is 10.1. The van der Waals surface area contributed by atoms with Crippen molar-refractivity contribution >= 4 is 34.0 Å². The quantitative estimate of drug-likeness (QED) is 0.108. The van der Waals surface area contributed by atoms with Gasteiger partial charge in [0, 0.05) is 10.0 Å². The summed E-state index contributed by atoms with van der Waals surface area (Å²) in [6.45, 7) is 2.18. The van der Waals surface area contributed by atoms with Gasteiger partial charge in [-0.25, -0.2) is 10.2 Å². The van der Waals surface area contributed by atoms with Gasteiger partial charge in [-0.2, -0.15) is 5.10 Å². The number of amides is 1. The molecule has 0 atom stereocenters. The van der Waals surface area contributed by atoms with Gasteiger partial charge < -0.3 is 14.2 Å². The van der Waals surface area contributed by atoms with Crippen LogP contribution in [0.4, 0.5) is 0 Å². The summed E-state index contributed by atoms with van der Waals surface area (Å²) in [5.41, 5.74) is 5.47. The third-order valence-electron chi connectivity index (χ3n) is 5.30. The van der Waals surface area contributed by atoms with Crippen molar-refractivity contribution < 1.29 is 23.8 Å². The van der Waals surface area contributed by atoms with Crippen molar-refractivity contribution in [1.82, 2.24) is 5.43 Å². The van der Waals surface area contributed by atoms with E-state index in [4.69, 9.17) is 14.2 Å². The highest BCUT2D eigenvalue weighted by Gasteiger charge is 2.12. The van der Waals surface area contributed by atoms with E-state index in [0.717, 1.165) is 15.6 Å². The molecule has 0 aromatic heterocycles. The number of hydrazone groups is 1. The number of nitrogens with one attached hydrogen (secondary N) is 1. The van der Waals surface area contributed by atoms with Gasteiger partial charge in [-0.3, -0.25) is 4.79 Å². The maximum atomic E-state index is 12.5. The Balaban J connectivity index is 1.27. The van der Waals surface area contributed by atoms with Crippen LogP contribution in [0.3, 0.4) is 0 Å². The second-order valence-electron chi connectivity index (χ2n) is 8.27. The number of hydrogen-bond acceptors (Lipinski definition) is 6. The molecule has 0 saturated carbocycles. The van der Waals surface area contributed by atoms with E-state index in [2.05, 4.69) is 26.5 Å². The molecule has 0 fully saturated rings.